The minimum Gasteiger partial charge on any atom is -0.279 e. The van der Waals surface area contributed by atoms with E-state index >= 15 is 0 Å². The first-order valence-corrected chi connectivity index (χ1v) is 5.98. The second-order valence-electron chi connectivity index (χ2n) is 3.14. The summed E-state index contributed by atoms with van der Waals surface area (Å²) in [6.07, 6.45) is 3.68. The van der Waals surface area contributed by atoms with Crippen molar-refractivity contribution in [3.8, 4) is 0 Å². The number of alkyl halides is 3. The average molecular weight is 279 g/mol. The van der Waals surface area contributed by atoms with E-state index in [0.29, 0.717) is 0 Å². The molecule has 0 radical (unpaired) electrons. The summed E-state index contributed by atoms with van der Waals surface area (Å²) >= 11 is 0. The summed E-state index contributed by atoms with van der Waals surface area (Å²) in [5, 5.41) is 2.45. The van der Waals surface area contributed by atoms with Gasteiger partial charge in [0.15, 0.2) is 0 Å². The van der Waals surface area contributed by atoms with Crippen molar-refractivity contribution in [3.63, 3.8) is 0 Å². The van der Waals surface area contributed by atoms with Crippen molar-refractivity contribution in [2.24, 2.45) is 0 Å². The number of hydrogen-bond donors (Lipinski definition) is 1. The predicted octanol–water partition coefficient (Wildman–Crippen LogP) is 2.63. The number of pyridine rings is 1. The Morgan fingerprint density at radius 3 is 2.00 bits per heavy atom. The highest BCUT2D eigenvalue weighted by Gasteiger charge is 2.44. The average Bonchev–Trinajstić information content (AvgIpc) is 2.27. The summed E-state index contributed by atoms with van der Waals surface area (Å²) in [6, 6.07) is 10.2. The van der Waals surface area contributed by atoms with Gasteiger partial charge >= 0.3 is 15.6 Å². The third-order valence-corrected chi connectivity index (χ3v) is 2.43. The Bertz CT molecular complexity index is 560. The maximum Gasteiger partial charge on any atom is 0.522 e. The first kappa shape index (κ1) is 14.4. The molecule has 18 heavy (non-hydrogen) atoms. The van der Waals surface area contributed by atoms with Gasteiger partial charge in [-0.15, -0.1) is 0 Å². The normalized spacial score (nSPS) is 11.8. The van der Waals surface area contributed by atoms with Crippen molar-refractivity contribution in [1.82, 2.24) is 4.98 Å². The van der Waals surface area contributed by atoms with Crippen molar-refractivity contribution in [3.05, 3.63) is 42.7 Å². The van der Waals surface area contributed by atoms with Gasteiger partial charge in [0, 0.05) is 12.4 Å². The highest BCUT2D eigenvalue weighted by molar-refractivity contribution is 7.86. The molecule has 8 heteroatoms. The Balaban J connectivity index is 0.000000187. The highest BCUT2D eigenvalue weighted by atomic mass is 32.2. The molecule has 2 aromatic rings. The number of fused-ring (bicyclic) bond motifs is 1. The van der Waals surface area contributed by atoms with Gasteiger partial charge in [0.1, 0.15) is 0 Å². The van der Waals surface area contributed by atoms with Gasteiger partial charge in [-0.25, -0.2) is 0 Å². The van der Waals surface area contributed by atoms with Gasteiger partial charge in [0.25, 0.3) is 0 Å². The lowest BCUT2D eigenvalue weighted by Crippen LogP contribution is -2.21. The number of rotatable bonds is 0. The van der Waals surface area contributed by atoms with Crippen LogP contribution in [0.2, 0.25) is 0 Å². The number of halogens is 3. The quantitative estimate of drug-likeness (QED) is 0.594. The first-order valence-electron chi connectivity index (χ1n) is 4.54. The standard InChI is InChI=1S/C9H7N.CHF3O3S/c1-2-4-9-7-10-6-5-8(9)3-1;2-1(3,4)8(5,6)7/h1-7H;(H,5,6,7). The number of benzene rings is 1. The van der Waals surface area contributed by atoms with Crippen LogP contribution in [-0.2, 0) is 10.1 Å². The zero-order valence-electron chi connectivity index (χ0n) is 8.79. The summed E-state index contributed by atoms with van der Waals surface area (Å²) < 4.78 is 57.5. The van der Waals surface area contributed by atoms with Gasteiger partial charge in [-0.1, -0.05) is 24.3 Å². The summed E-state index contributed by atoms with van der Waals surface area (Å²) in [6.45, 7) is 0. The van der Waals surface area contributed by atoms with Crippen LogP contribution < -0.4 is 0 Å². The molecule has 1 N–H and O–H groups in total. The number of nitrogens with zero attached hydrogens (tertiary/aromatic N) is 1. The van der Waals surface area contributed by atoms with E-state index in [1.54, 1.807) is 0 Å². The van der Waals surface area contributed by atoms with Gasteiger partial charge in [-0.2, -0.15) is 21.6 Å². The monoisotopic (exact) mass is 279 g/mol. The summed E-state index contributed by atoms with van der Waals surface area (Å²) in [7, 11) is -5.84. The smallest absolute Gasteiger partial charge is 0.279 e. The zero-order chi connectivity index (χ0) is 13.8. The predicted molar refractivity (Wildman–Crippen MR) is 59.3 cm³/mol. The Kier molecular flexibility index (Phi) is 4.25. The zero-order valence-corrected chi connectivity index (χ0v) is 9.61. The molecule has 1 aromatic carbocycles. The largest absolute Gasteiger partial charge is 0.522 e. The molecule has 0 saturated heterocycles. The topological polar surface area (TPSA) is 67.3 Å². The van der Waals surface area contributed by atoms with Crippen molar-refractivity contribution >= 4 is 20.9 Å². The summed E-state index contributed by atoms with van der Waals surface area (Å²) in [5.41, 5.74) is -5.53. The number of hydrogen-bond acceptors (Lipinski definition) is 3. The Morgan fingerprint density at radius 2 is 1.56 bits per heavy atom. The van der Waals surface area contributed by atoms with Gasteiger partial charge in [-0.05, 0) is 16.8 Å². The molecule has 4 nitrogen and oxygen atoms in total. The molecule has 0 spiro atoms. The number of aromatic nitrogens is 1. The molecular weight excluding hydrogens is 271 g/mol. The van der Waals surface area contributed by atoms with Crippen molar-refractivity contribution in [2.75, 3.05) is 0 Å². The molecule has 0 atom stereocenters. The van der Waals surface area contributed by atoms with E-state index in [-0.39, 0.29) is 0 Å². The Hall–Kier alpha value is -1.67. The van der Waals surface area contributed by atoms with Crippen LogP contribution in [0.3, 0.4) is 0 Å². The van der Waals surface area contributed by atoms with E-state index in [4.69, 9.17) is 13.0 Å². The van der Waals surface area contributed by atoms with Crippen LogP contribution in [-0.4, -0.2) is 23.5 Å². The van der Waals surface area contributed by atoms with Crippen LogP contribution >= 0.6 is 0 Å². The lowest BCUT2D eigenvalue weighted by molar-refractivity contribution is -0.0510. The lowest BCUT2D eigenvalue weighted by Gasteiger charge is -1.97. The van der Waals surface area contributed by atoms with Crippen molar-refractivity contribution < 1.29 is 26.1 Å². The third-order valence-electron chi connectivity index (χ3n) is 1.84. The molecule has 0 amide bonds. The van der Waals surface area contributed by atoms with E-state index in [1.807, 2.05) is 30.6 Å². The molecule has 0 aliphatic heterocycles. The molecule has 1 heterocycles. The molecule has 0 saturated carbocycles. The molecule has 98 valence electrons. The van der Waals surface area contributed by atoms with Crippen LogP contribution in [0.25, 0.3) is 10.8 Å². The fourth-order valence-corrected chi connectivity index (χ4v) is 1.03. The van der Waals surface area contributed by atoms with Crippen LogP contribution in [0, 0.1) is 0 Å². The summed E-state index contributed by atoms with van der Waals surface area (Å²) in [4.78, 5) is 4.01. The van der Waals surface area contributed by atoms with Gasteiger partial charge < -0.3 is 0 Å². The van der Waals surface area contributed by atoms with Crippen LogP contribution in [0.5, 0.6) is 0 Å². The maximum atomic E-state index is 10.7. The second kappa shape index (κ2) is 5.32. The van der Waals surface area contributed by atoms with Crippen molar-refractivity contribution in [1.29, 1.82) is 0 Å². The van der Waals surface area contributed by atoms with E-state index in [9.17, 15) is 13.2 Å². The van der Waals surface area contributed by atoms with Gasteiger partial charge in [0.2, 0.25) is 0 Å². The van der Waals surface area contributed by atoms with E-state index in [2.05, 4.69) is 17.1 Å². The molecule has 0 aliphatic carbocycles. The molecule has 0 fully saturated rings. The fourth-order valence-electron chi connectivity index (χ4n) is 1.03. The SMILES string of the molecule is O=S(=O)(O)C(F)(F)F.c1ccc2cnccc2c1. The molecule has 2 rings (SSSR count). The lowest BCUT2D eigenvalue weighted by atomic mass is 10.2. The van der Waals surface area contributed by atoms with E-state index < -0.39 is 15.6 Å². The molecule has 0 unspecified atom stereocenters. The van der Waals surface area contributed by atoms with Gasteiger partial charge in [0.05, 0.1) is 0 Å². The van der Waals surface area contributed by atoms with Crippen LogP contribution in [0.4, 0.5) is 13.2 Å². The minimum atomic E-state index is -5.84. The second-order valence-corrected chi connectivity index (χ2v) is 4.56. The highest BCUT2D eigenvalue weighted by Crippen LogP contribution is 2.20. The summed E-state index contributed by atoms with van der Waals surface area (Å²) in [5.74, 6) is 0. The maximum absolute atomic E-state index is 10.7. The molecule has 1 aromatic heterocycles. The van der Waals surface area contributed by atoms with Crippen LogP contribution in [0.1, 0.15) is 0 Å². The minimum absolute atomic E-state index is 1.20. The molecular formula is C10H8F3NO3S. The fraction of sp³-hybridized carbons (Fsp3) is 0.100. The molecule has 0 aliphatic rings. The molecule has 0 bridgehead atoms. The third kappa shape index (κ3) is 3.97. The van der Waals surface area contributed by atoms with Crippen molar-refractivity contribution in [2.45, 2.75) is 5.51 Å². The Labute approximate surface area is 101 Å². The van der Waals surface area contributed by atoms with Gasteiger partial charge in [-0.3, -0.25) is 9.54 Å². The first-order chi connectivity index (χ1) is 8.22. The Morgan fingerprint density at radius 1 is 1.06 bits per heavy atom. The van der Waals surface area contributed by atoms with E-state index in [1.165, 1.54) is 10.8 Å². The van der Waals surface area contributed by atoms with E-state index in [0.717, 1.165) is 0 Å². The van der Waals surface area contributed by atoms with Crippen LogP contribution in [0.15, 0.2) is 42.7 Å².